The number of carbonyl (C=O) groups excluding carboxylic acids is 1. The molecule has 0 aliphatic rings. The van der Waals surface area contributed by atoms with Crippen molar-refractivity contribution in [3.05, 3.63) is 34.4 Å². The fourth-order valence-electron chi connectivity index (χ4n) is 1.12. The molecule has 0 fully saturated rings. The maximum Gasteiger partial charge on any atom is 0.297 e. The number of hydrogen-bond donors (Lipinski definition) is 0. The van der Waals surface area contributed by atoms with Gasteiger partial charge in [-0.1, -0.05) is 0 Å². The van der Waals surface area contributed by atoms with Crippen LogP contribution in [-0.2, 0) is 19.1 Å². The molecule has 0 unspecified atom stereocenters. The summed E-state index contributed by atoms with van der Waals surface area (Å²) in [5, 5.41) is 10.5. The number of rotatable bonds is 5. The Labute approximate surface area is 110 Å². The van der Waals surface area contributed by atoms with Crippen LogP contribution < -0.4 is 0 Å². The maximum absolute atomic E-state index is 11.9. The smallest absolute Gasteiger partial charge is 0.297 e. The molecule has 19 heavy (non-hydrogen) atoms. The number of non-ortho nitro benzene ring substituents is 1. The summed E-state index contributed by atoms with van der Waals surface area (Å²) >= 11 is 0. The highest BCUT2D eigenvalue weighted by Crippen LogP contribution is 2.22. The minimum absolute atomic E-state index is 0.232. The highest BCUT2D eigenvalue weighted by Gasteiger charge is 2.32. The van der Waals surface area contributed by atoms with Crippen LogP contribution in [0.15, 0.2) is 29.2 Å². The van der Waals surface area contributed by atoms with Gasteiger partial charge in [0.2, 0.25) is 0 Å². The summed E-state index contributed by atoms with van der Waals surface area (Å²) in [6.07, 6.45) is 0. The summed E-state index contributed by atoms with van der Waals surface area (Å²) in [4.78, 5) is 20.8. The SMILES string of the molecule is CC(=O)C(C)(C)OS(=O)(=O)c1ccc([N+](=O)[O-])cc1. The Balaban J connectivity index is 3.08. The summed E-state index contributed by atoms with van der Waals surface area (Å²) in [5.41, 5.74) is -1.72. The van der Waals surface area contributed by atoms with Crippen molar-refractivity contribution < 1.29 is 22.3 Å². The molecule has 1 rings (SSSR count). The van der Waals surface area contributed by atoms with Crippen molar-refractivity contribution in [3.8, 4) is 0 Å². The van der Waals surface area contributed by atoms with E-state index < -0.39 is 26.4 Å². The fraction of sp³-hybridized carbons (Fsp3) is 0.364. The zero-order valence-corrected chi connectivity index (χ0v) is 11.4. The predicted molar refractivity (Wildman–Crippen MR) is 66.1 cm³/mol. The first-order valence-corrected chi connectivity index (χ1v) is 6.68. The molecule has 0 saturated carbocycles. The first-order chi connectivity index (χ1) is 8.56. The Morgan fingerprint density at radius 2 is 1.74 bits per heavy atom. The minimum atomic E-state index is -4.15. The van der Waals surface area contributed by atoms with Crippen LogP contribution in [-0.4, -0.2) is 24.7 Å². The molecule has 0 aromatic heterocycles. The van der Waals surface area contributed by atoms with E-state index in [4.69, 9.17) is 4.18 Å². The minimum Gasteiger partial charge on any atom is -0.297 e. The Hall–Kier alpha value is -1.80. The van der Waals surface area contributed by atoms with Crippen LogP contribution in [0.2, 0.25) is 0 Å². The van der Waals surface area contributed by atoms with Crippen molar-refractivity contribution in [2.45, 2.75) is 31.3 Å². The molecule has 0 atom stereocenters. The van der Waals surface area contributed by atoms with Gasteiger partial charge in [-0.25, -0.2) is 0 Å². The maximum atomic E-state index is 11.9. The lowest BCUT2D eigenvalue weighted by molar-refractivity contribution is -0.384. The number of nitro groups is 1. The van der Waals surface area contributed by atoms with E-state index in [-0.39, 0.29) is 10.6 Å². The van der Waals surface area contributed by atoms with E-state index in [9.17, 15) is 23.3 Å². The Morgan fingerprint density at radius 3 is 2.11 bits per heavy atom. The van der Waals surface area contributed by atoms with Gasteiger partial charge >= 0.3 is 0 Å². The second-order valence-corrected chi connectivity index (χ2v) is 5.90. The number of Topliss-reactive ketones (excluding diaryl/α,β-unsaturated/α-hetero) is 1. The lowest BCUT2D eigenvalue weighted by atomic mass is 10.1. The molecule has 0 radical (unpaired) electrons. The van der Waals surface area contributed by atoms with Crippen molar-refractivity contribution in [1.82, 2.24) is 0 Å². The molecule has 7 nitrogen and oxygen atoms in total. The molecule has 104 valence electrons. The summed E-state index contributed by atoms with van der Waals surface area (Å²) in [7, 11) is -4.15. The van der Waals surface area contributed by atoms with Crippen molar-refractivity contribution in [2.75, 3.05) is 0 Å². The highest BCUT2D eigenvalue weighted by atomic mass is 32.2. The van der Waals surface area contributed by atoms with Gasteiger partial charge < -0.3 is 0 Å². The molecule has 0 N–H and O–H groups in total. The average Bonchev–Trinajstić information content (AvgIpc) is 2.27. The Kier molecular flexibility index (Phi) is 4.06. The van der Waals surface area contributed by atoms with Gasteiger partial charge in [0.25, 0.3) is 15.8 Å². The summed E-state index contributed by atoms with van der Waals surface area (Å²) in [5.74, 6) is -0.446. The molecule has 0 heterocycles. The van der Waals surface area contributed by atoms with Crippen molar-refractivity contribution in [2.24, 2.45) is 0 Å². The van der Waals surface area contributed by atoms with Crippen molar-refractivity contribution in [3.63, 3.8) is 0 Å². The van der Waals surface area contributed by atoms with Crippen molar-refractivity contribution in [1.29, 1.82) is 0 Å². The van der Waals surface area contributed by atoms with Crippen LogP contribution in [0, 0.1) is 10.1 Å². The van der Waals surface area contributed by atoms with E-state index >= 15 is 0 Å². The van der Waals surface area contributed by atoms with Gasteiger partial charge in [0.1, 0.15) is 5.60 Å². The van der Waals surface area contributed by atoms with E-state index in [0.717, 1.165) is 24.3 Å². The highest BCUT2D eigenvalue weighted by molar-refractivity contribution is 7.86. The van der Waals surface area contributed by atoms with Crippen LogP contribution in [0.25, 0.3) is 0 Å². The lowest BCUT2D eigenvalue weighted by Gasteiger charge is -2.20. The van der Waals surface area contributed by atoms with Gasteiger partial charge in [-0.2, -0.15) is 8.42 Å². The van der Waals surface area contributed by atoms with Crippen LogP contribution in [0.1, 0.15) is 20.8 Å². The Morgan fingerprint density at radius 1 is 1.26 bits per heavy atom. The second kappa shape index (κ2) is 5.06. The summed E-state index contributed by atoms with van der Waals surface area (Å²) in [6, 6.07) is 4.22. The molecule has 8 heteroatoms. The third-order valence-corrected chi connectivity index (χ3v) is 3.99. The largest absolute Gasteiger partial charge is 0.297 e. The fourth-order valence-corrected chi connectivity index (χ4v) is 2.35. The molecule has 0 saturated heterocycles. The predicted octanol–water partition coefficient (Wildman–Crippen LogP) is 1.67. The monoisotopic (exact) mass is 287 g/mol. The van der Waals surface area contributed by atoms with E-state index in [1.807, 2.05) is 0 Å². The number of ketones is 1. The topological polar surface area (TPSA) is 104 Å². The van der Waals surface area contributed by atoms with E-state index in [2.05, 4.69) is 0 Å². The molecule has 0 aliphatic carbocycles. The van der Waals surface area contributed by atoms with Crippen LogP contribution >= 0.6 is 0 Å². The van der Waals surface area contributed by atoms with Crippen LogP contribution in [0.3, 0.4) is 0 Å². The van der Waals surface area contributed by atoms with E-state index in [1.165, 1.54) is 20.8 Å². The van der Waals surface area contributed by atoms with Crippen molar-refractivity contribution >= 4 is 21.6 Å². The second-order valence-electron chi connectivity index (χ2n) is 4.35. The standard InChI is InChI=1S/C11H13NO6S/c1-8(13)11(2,3)18-19(16,17)10-6-4-9(5-7-10)12(14)15/h4-7H,1-3H3. The molecule has 0 amide bonds. The van der Waals surface area contributed by atoms with Gasteiger partial charge in [-0.15, -0.1) is 0 Å². The van der Waals surface area contributed by atoms with E-state index in [0.29, 0.717) is 0 Å². The first-order valence-electron chi connectivity index (χ1n) is 5.27. The number of carbonyl (C=O) groups is 1. The number of nitro benzene ring substituents is 1. The average molecular weight is 287 g/mol. The molecule has 0 bridgehead atoms. The third kappa shape index (κ3) is 3.58. The number of nitrogens with zero attached hydrogens (tertiary/aromatic N) is 1. The van der Waals surface area contributed by atoms with Gasteiger partial charge in [-0.3, -0.25) is 19.1 Å². The summed E-state index contributed by atoms with van der Waals surface area (Å²) in [6.45, 7) is 3.88. The quantitative estimate of drug-likeness (QED) is 0.463. The van der Waals surface area contributed by atoms with Gasteiger partial charge in [0.05, 0.1) is 9.82 Å². The van der Waals surface area contributed by atoms with E-state index in [1.54, 1.807) is 0 Å². The molecular formula is C11H13NO6S. The molecule has 1 aromatic carbocycles. The van der Waals surface area contributed by atoms with Gasteiger partial charge in [0.15, 0.2) is 5.78 Å². The number of benzene rings is 1. The normalized spacial score (nSPS) is 12.2. The Bertz CT molecular complexity index is 603. The van der Waals surface area contributed by atoms with Crippen LogP contribution in [0.5, 0.6) is 0 Å². The van der Waals surface area contributed by atoms with Gasteiger partial charge in [0, 0.05) is 12.1 Å². The first kappa shape index (κ1) is 15.3. The van der Waals surface area contributed by atoms with Gasteiger partial charge in [-0.05, 0) is 32.9 Å². The summed E-state index contributed by atoms with van der Waals surface area (Å²) < 4.78 is 28.6. The number of hydrogen-bond acceptors (Lipinski definition) is 6. The third-order valence-electron chi connectivity index (χ3n) is 2.50. The zero-order valence-electron chi connectivity index (χ0n) is 10.6. The zero-order chi connectivity index (χ0) is 14.8. The molecule has 0 spiro atoms. The lowest BCUT2D eigenvalue weighted by Crippen LogP contribution is -2.35. The molecular weight excluding hydrogens is 274 g/mol. The van der Waals surface area contributed by atoms with Crippen LogP contribution in [0.4, 0.5) is 5.69 Å². The molecule has 1 aromatic rings. The molecule has 0 aliphatic heterocycles.